The highest BCUT2D eigenvalue weighted by molar-refractivity contribution is 7.54. The highest BCUT2D eigenvalue weighted by atomic mass is 31.2. The molecule has 5 N–H and O–H groups in total. The first kappa shape index (κ1) is 27.9. The number of rotatable bonds is 9. The summed E-state index contributed by atoms with van der Waals surface area (Å²) in [6.07, 6.45) is -3.96. The van der Waals surface area contributed by atoms with Gasteiger partial charge in [-0.25, -0.2) is 9.37 Å². The van der Waals surface area contributed by atoms with Crippen molar-refractivity contribution in [1.82, 2.24) is 9.97 Å². The van der Waals surface area contributed by atoms with E-state index in [4.69, 9.17) is 9.26 Å². The summed E-state index contributed by atoms with van der Waals surface area (Å²) in [7, 11) is -4.51. The Labute approximate surface area is 202 Å². The van der Waals surface area contributed by atoms with Crippen molar-refractivity contribution < 1.29 is 38.4 Å². The number of fused-ring (bicyclic) bond motifs is 1. The Hall–Kier alpha value is -1.72. The van der Waals surface area contributed by atoms with E-state index in [0.717, 1.165) is 0 Å². The van der Waals surface area contributed by atoms with E-state index in [2.05, 4.69) is 9.97 Å². The molecule has 1 aliphatic rings. The van der Waals surface area contributed by atoms with Crippen LogP contribution >= 0.6 is 7.60 Å². The Bertz CT molecular complexity index is 1190. The van der Waals surface area contributed by atoms with Crippen LogP contribution in [0.25, 0.3) is 11.0 Å². The number of halogens is 1. The van der Waals surface area contributed by atoms with Crippen molar-refractivity contribution in [2.75, 3.05) is 0 Å². The summed E-state index contributed by atoms with van der Waals surface area (Å²) in [6, 6.07) is 1.24. The third-order valence-electron chi connectivity index (χ3n) is 7.07. The first-order chi connectivity index (χ1) is 16.2. The second-order valence-corrected chi connectivity index (χ2v) is 11.5. The summed E-state index contributed by atoms with van der Waals surface area (Å²) < 4.78 is 39.0. The first-order valence-electron chi connectivity index (χ1n) is 11.7. The van der Waals surface area contributed by atoms with Crippen molar-refractivity contribution in [1.29, 1.82) is 0 Å². The number of nitrogens with zero attached hydrogens (tertiary/aromatic N) is 1. The predicted octanol–water partition coefficient (Wildman–Crippen LogP) is 2.80. The number of aryl methyl sites for hydroxylation is 1. The fourth-order valence-electron chi connectivity index (χ4n) is 4.33. The van der Waals surface area contributed by atoms with Crippen LogP contribution in [0.2, 0.25) is 0 Å². The van der Waals surface area contributed by atoms with Gasteiger partial charge >= 0.3 is 7.60 Å². The number of ether oxygens (including phenoxy) is 1. The maximum atomic E-state index is 14.6. The van der Waals surface area contributed by atoms with Crippen molar-refractivity contribution in [3.63, 3.8) is 0 Å². The zero-order chi connectivity index (χ0) is 26.3. The summed E-state index contributed by atoms with van der Waals surface area (Å²) in [4.78, 5) is 29.7. The predicted molar refractivity (Wildman–Crippen MR) is 126 cm³/mol. The molecule has 0 saturated carbocycles. The minimum atomic E-state index is -4.51. The molecule has 12 heteroatoms. The molecular formula is C23H34FN2O8P. The Morgan fingerprint density at radius 1 is 1.23 bits per heavy atom. The van der Waals surface area contributed by atoms with Crippen LogP contribution in [0.4, 0.5) is 4.39 Å². The minimum Gasteiger partial charge on any atom is -0.388 e. The van der Waals surface area contributed by atoms with Gasteiger partial charge in [-0.15, -0.1) is 0 Å². The van der Waals surface area contributed by atoms with E-state index in [0.29, 0.717) is 0 Å². The number of hydrogen-bond donors (Lipinski definition) is 5. The molecular weight excluding hydrogens is 482 g/mol. The maximum absolute atomic E-state index is 14.6. The molecule has 10 nitrogen and oxygen atoms in total. The molecule has 0 radical (unpaired) electrons. The second kappa shape index (κ2) is 9.97. The van der Waals surface area contributed by atoms with Crippen LogP contribution in [0.15, 0.2) is 17.1 Å². The Kier molecular flexibility index (Phi) is 7.94. The third kappa shape index (κ3) is 5.09. The van der Waals surface area contributed by atoms with Crippen LogP contribution in [0.3, 0.4) is 0 Å². The van der Waals surface area contributed by atoms with E-state index >= 15 is 0 Å². The quantitative estimate of drug-likeness (QED) is 0.316. The second-order valence-electron chi connectivity index (χ2n) is 9.46. The molecule has 0 aliphatic carbocycles. The third-order valence-corrected chi connectivity index (χ3v) is 9.44. The molecule has 1 aliphatic heterocycles. The summed E-state index contributed by atoms with van der Waals surface area (Å²) in [5, 5.41) is 30.1. The number of hydrogen-bond acceptors (Lipinski definition) is 8. The lowest BCUT2D eigenvalue weighted by Crippen LogP contribution is -2.40. The fraction of sp³-hybridized carbons (Fsp3) is 0.652. The van der Waals surface area contributed by atoms with Crippen molar-refractivity contribution in [3.05, 3.63) is 39.6 Å². The van der Waals surface area contributed by atoms with Gasteiger partial charge in [0.25, 0.3) is 5.56 Å². The van der Waals surface area contributed by atoms with Gasteiger partial charge in [-0.2, -0.15) is 0 Å². The lowest BCUT2D eigenvalue weighted by atomic mass is 9.92. The maximum Gasteiger partial charge on any atom is 0.359 e. The number of H-pyrrole nitrogens is 1. The topological polar surface area (TPSA) is 162 Å². The molecule has 0 bridgehead atoms. The molecule has 1 fully saturated rings. The molecule has 196 valence electrons. The number of pyridine rings is 2. The Morgan fingerprint density at radius 2 is 1.86 bits per heavy atom. The number of nitrogens with one attached hydrogen (secondary N) is 1. The molecule has 6 atom stereocenters. The van der Waals surface area contributed by atoms with Gasteiger partial charge in [0.05, 0.1) is 17.1 Å². The lowest BCUT2D eigenvalue weighted by molar-refractivity contribution is -0.0544. The van der Waals surface area contributed by atoms with E-state index in [1.54, 1.807) is 27.7 Å². The van der Waals surface area contributed by atoms with Crippen LogP contribution < -0.4 is 5.56 Å². The number of aliphatic hydroxyl groups is 3. The van der Waals surface area contributed by atoms with Crippen LogP contribution in [-0.2, 0) is 13.8 Å². The average Bonchev–Trinajstić information content (AvgIpc) is 3.08. The SMILES string of the molecule is CCC(C)(CC1OC(c2cc3c(F)c(C)cnc3[nH]c2=O)C(O)C1O)OP(=O)(O)C(O)(CC)CC. The first-order valence-corrected chi connectivity index (χ1v) is 13.3. The van der Waals surface area contributed by atoms with Crippen molar-refractivity contribution >= 4 is 18.6 Å². The lowest BCUT2D eigenvalue weighted by Gasteiger charge is -2.38. The van der Waals surface area contributed by atoms with E-state index in [1.807, 2.05) is 0 Å². The van der Waals surface area contributed by atoms with Crippen molar-refractivity contribution in [2.24, 2.45) is 0 Å². The van der Waals surface area contributed by atoms with Crippen LogP contribution in [0.5, 0.6) is 0 Å². The van der Waals surface area contributed by atoms with Crippen molar-refractivity contribution in [2.45, 2.75) is 95.7 Å². The van der Waals surface area contributed by atoms with Gasteiger partial charge in [0.2, 0.25) is 0 Å². The minimum absolute atomic E-state index is 0.00392. The Balaban J connectivity index is 1.90. The van der Waals surface area contributed by atoms with Crippen LogP contribution in [0, 0.1) is 12.7 Å². The zero-order valence-corrected chi connectivity index (χ0v) is 21.4. The van der Waals surface area contributed by atoms with E-state index in [1.165, 1.54) is 19.2 Å². The highest BCUT2D eigenvalue weighted by Gasteiger charge is 2.51. The van der Waals surface area contributed by atoms with E-state index in [-0.39, 0.29) is 47.8 Å². The summed E-state index contributed by atoms with van der Waals surface area (Å²) in [6.45, 7) is 7.93. The molecule has 0 amide bonds. The van der Waals surface area contributed by atoms with Gasteiger partial charge in [0.1, 0.15) is 29.8 Å². The van der Waals surface area contributed by atoms with Gasteiger partial charge < -0.3 is 34.5 Å². The van der Waals surface area contributed by atoms with Crippen LogP contribution in [-0.4, -0.2) is 59.4 Å². The number of aromatic amines is 1. The largest absolute Gasteiger partial charge is 0.388 e. The summed E-state index contributed by atoms with van der Waals surface area (Å²) in [5.41, 5.74) is -1.75. The standard InChI is InChI=1S/C23H34FN2O8P/c1-6-22(5,34-35(31,32)23(30,7-2)8-3)10-15-17(27)18(28)19(33-15)14-9-13-16(24)12(4)11-25-20(13)26-21(14)29/h9,11,15,17-19,27-28,30H,6-8,10H2,1-5H3,(H,31,32)(H,25,26,29). The smallest absolute Gasteiger partial charge is 0.359 e. The highest BCUT2D eigenvalue weighted by Crippen LogP contribution is 2.60. The van der Waals surface area contributed by atoms with Gasteiger partial charge in [0, 0.05) is 23.7 Å². The van der Waals surface area contributed by atoms with E-state index in [9.17, 15) is 34.0 Å². The molecule has 1 saturated heterocycles. The number of aliphatic hydroxyl groups excluding tert-OH is 2. The van der Waals surface area contributed by atoms with Gasteiger partial charge in [0.15, 0.2) is 5.34 Å². The molecule has 3 rings (SSSR count). The van der Waals surface area contributed by atoms with Crippen molar-refractivity contribution in [3.8, 4) is 0 Å². The van der Waals surface area contributed by atoms with Gasteiger partial charge in [-0.05, 0) is 39.2 Å². The normalized spacial score (nSPS) is 26.6. The Morgan fingerprint density at radius 3 is 2.43 bits per heavy atom. The molecule has 0 aromatic carbocycles. The number of aromatic nitrogens is 2. The molecule has 0 spiro atoms. The monoisotopic (exact) mass is 516 g/mol. The summed E-state index contributed by atoms with van der Waals surface area (Å²) >= 11 is 0. The molecule has 2 aromatic rings. The average molecular weight is 517 g/mol. The molecule has 6 unspecified atom stereocenters. The summed E-state index contributed by atoms with van der Waals surface area (Å²) in [5.74, 6) is -0.581. The molecule has 35 heavy (non-hydrogen) atoms. The fourth-order valence-corrected chi connectivity index (χ4v) is 6.10. The van der Waals surface area contributed by atoms with Gasteiger partial charge in [-0.1, -0.05) is 20.8 Å². The molecule has 3 heterocycles. The van der Waals surface area contributed by atoms with Gasteiger partial charge in [-0.3, -0.25) is 9.36 Å². The van der Waals surface area contributed by atoms with Crippen LogP contribution in [0.1, 0.15) is 70.6 Å². The van der Waals surface area contributed by atoms with E-state index < -0.39 is 54.3 Å². The molecule has 2 aromatic heterocycles. The zero-order valence-electron chi connectivity index (χ0n) is 20.5.